The maximum atomic E-state index is 5.29. The van der Waals surface area contributed by atoms with Gasteiger partial charge in [0.1, 0.15) is 5.82 Å². The molecule has 1 aliphatic heterocycles. The van der Waals surface area contributed by atoms with Crippen molar-refractivity contribution in [2.24, 2.45) is 0 Å². The highest BCUT2D eigenvalue weighted by atomic mass is 35.5. The Morgan fingerprint density at radius 3 is 2.79 bits per heavy atom. The predicted molar refractivity (Wildman–Crippen MR) is 84.1 cm³/mol. The molecule has 0 aromatic carbocycles. The third-order valence-electron chi connectivity index (χ3n) is 3.17. The number of ether oxygens (including phenoxy) is 1. The summed E-state index contributed by atoms with van der Waals surface area (Å²) < 4.78 is 5.29. The predicted octanol–water partition coefficient (Wildman–Crippen LogP) is 1.97. The lowest BCUT2D eigenvalue weighted by molar-refractivity contribution is 0.170. The lowest BCUT2D eigenvalue weighted by Crippen LogP contribution is -2.53. The first-order valence-corrected chi connectivity index (χ1v) is 6.12. The maximum Gasteiger partial charge on any atom is 0.131 e. The first kappa shape index (κ1) is 18.4. The molecule has 1 unspecified atom stereocenters. The second-order valence-electron chi connectivity index (χ2n) is 4.66. The summed E-state index contributed by atoms with van der Waals surface area (Å²) in [5, 5.41) is 3.40. The molecule has 19 heavy (non-hydrogen) atoms. The first-order valence-electron chi connectivity index (χ1n) is 6.12. The largest absolute Gasteiger partial charge is 0.383 e. The summed E-state index contributed by atoms with van der Waals surface area (Å²) in [4.78, 5) is 6.93. The topological polar surface area (TPSA) is 37.4 Å². The zero-order chi connectivity index (χ0) is 12.3. The van der Waals surface area contributed by atoms with Crippen molar-refractivity contribution in [3.63, 3.8) is 0 Å². The van der Waals surface area contributed by atoms with Crippen LogP contribution < -0.4 is 10.2 Å². The maximum absolute atomic E-state index is 5.29. The Morgan fingerprint density at radius 2 is 2.16 bits per heavy atom. The molecule has 2 heterocycles. The van der Waals surface area contributed by atoms with Gasteiger partial charge in [-0.25, -0.2) is 4.98 Å². The van der Waals surface area contributed by atoms with Gasteiger partial charge in [0.25, 0.3) is 0 Å². The summed E-state index contributed by atoms with van der Waals surface area (Å²) in [6.07, 6.45) is 1.94. The first-order chi connectivity index (χ1) is 8.22. The number of hydrogen-bond acceptors (Lipinski definition) is 4. The van der Waals surface area contributed by atoms with E-state index in [2.05, 4.69) is 35.1 Å². The van der Waals surface area contributed by atoms with Crippen LogP contribution in [0.4, 0.5) is 5.82 Å². The number of aryl methyl sites for hydroxylation is 2. The van der Waals surface area contributed by atoms with Crippen molar-refractivity contribution in [3.05, 3.63) is 23.4 Å². The Kier molecular flexibility index (Phi) is 8.34. The molecule has 1 atom stereocenters. The number of aromatic nitrogens is 1. The van der Waals surface area contributed by atoms with E-state index in [9.17, 15) is 0 Å². The molecule has 0 spiro atoms. The second kappa shape index (κ2) is 8.59. The van der Waals surface area contributed by atoms with Crippen LogP contribution >= 0.6 is 24.8 Å². The Morgan fingerprint density at radius 1 is 1.42 bits per heavy atom. The van der Waals surface area contributed by atoms with Crippen molar-refractivity contribution < 1.29 is 4.74 Å². The number of nitrogens with zero attached hydrogens (tertiary/aromatic N) is 2. The zero-order valence-electron chi connectivity index (χ0n) is 11.7. The zero-order valence-corrected chi connectivity index (χ0v) is 13.3. The van der Waals surface area contributed by atoms with Crippen molar-refractivity contribution in [2.45, 2.75) is 19.9 Å². The van der Waals surface area contributed by atoms with Crippen LogP contribution in [-0.2, 0) is 4.74 Å². The molecule has 0 bridgehead atoms. The number of rotatable bonds is 3. The monoisotopic (exact) mass is 307 g/mol. The van der Waals surface area contributed by atoms with Gasteiger partial charge in [0, 0.05) is 32.9 Å². The van der Waals surface area contributed by atoms with Gasteiger partial charge in [-0.3, -0.25) is 0 Å². The number of nitrogens with one attached hydrogen (secondary N) is 1. The molecule has 1 saturated heterocycles. The molecule has 1 N–H and O–H groups in total. The highest BCUT2D eigenvalue weighted by Gasteiger charge is 2.24. The van der Waals surface area contributed by atoms with Gasteiger partial charge in [-0.1, -0.05) is 6.07 Å². The number of piperazine rings is 1. The number of pyridine rings is 1. The number of anilines is 1. The highest BCUT2D eigenvalue weighted by Crippen LogP contribution is 2.21. The Hall–Kier alpha value is -0.550. The molecule has 1 aromatic rings. The average molecular weight is 308 g/mol. The van der Waals surface area contributed by atoms with E-state index in [1.165, 1.54) is 11.1 Å². The Balaban J connectivity index is 0.00000162. The van der Waals surface area contributed by atoms with Gasteiger partial charge < -0.3 is 15.0 Å². The van der Waals surface area contributed by atoms with Crippen molar-refractivity contribution in [1.82, 2.24) is 10.3 Å². The second-order valence-corrected chi connectivity index (χ2v) is 4.66. The van der Waals surface area contributed by atoms with Crippen LogP contribution in [0, 0.1) is 13.8 Å². The molecular weight excluding hydrogens is 285 g/mol. The van der Waals surface area contributed by atoms with E-state index < -0.39 is 0 Å². The summed E-state index contributed by atoms with van der Waals surface area (Å²) >= 11 is 0. The molecule has 110 valence electrons. The van der Waals surface area contributed by atoms with Crippen molar-refractivity contribution in [2.75, 3.05) is 38.3 Å². The average Bonchev–Trinajstić information content (AvgIpc) is 2.31. The molecule has 0 saturated carbocycles. The lowest BCUT2D eigenvalue weighted by atomic mass is 10.1. The molecule has 1 aromatic heterocycles. The molecule has 1 fully saturated rings. The van der Waals surface area contributed by atoms with Gasteiger partial charge in [-0.2, -0.15) is 0 Å². The van der Waals surface area contributed by atoms with E-state index in [0.717, 1.165) is 32.1 Å². The van der Waals surface area contributed by atoms with Gasteiger partial charge in [-0.15, -0.1) is 24.8 Å². The van der Waals surface area contributed by atoms with Crippen LogP contribution in [0.15, 0.2) is 12.3 Å². The Bertz CT molecular complexity index is 388. The van der Waals surface area contributed by atoms with Gasteiger partial charge in [0.15, 0.2) is 0 Å². The van der Waals surface area contributed by atoms with E-state index in [1.807, 2.05) is 6.20 Å². The molecule has 0 radical (unpaired) electrons. The smallest absolute Gasteiger partial charge is 0.131 e. The number of methoxy groups -OCH3 is 1. The molecule has 2 rings (SSSR count). The van der Waals surface area contributed by atoms with Crippen LogP contribution in [0.2, 0.25) is 0 Å². The minimum atomic E-state index is 0. The fourth-order valence-corrected chi connectivity index (χ4v) is 2.39. The quantitative estimate of drug-likeness (QED) is 0.926. The summed E-state index contributed by atoms with van der Waals surface area (Å²) in [6, 6.07) is 2.57. The van der Waals surface area contributed by atoms with Crippen LogP contribution in [0.3, 0.4) is 0 Å². The third kappa shape index (κ3) is 4.49. The van der Waals surface area contributed by atoms with Gasteiger partial charge in [0.05, 0.1) is 12.6 Å². The summed E-state index contributed by atoms with van der Waals surface area (Å²) in [7, 11) is 1.75. The molecule has 0 aliphatic carbocycles. The van der Waals surface area contributed by atoms with Crippen LogP contribution in [0.1, 0.15) is 11.1 Å². The minimum absolute atomic E-state index is 0. The summed E-state index contributed by atoms with van der Waals surface area (Å²) in [6.45, 7) is 7.90. The van der Waals surface area contributed by atoms with Crippen LogP contribution in [-0.4, -0.2) is 44.4 Å². The van der Waals surface area contributed by atoms with E-state index in [-0.39, 0.29) is 24.8 Å². The van der Waals surface area contributed by atoms with Gasteiger partial charge in [0.2, 0.25) is 0 Å². The SMILES string of the molecule is COCC1CNCCN1c1ncc(C)cc1C.Cl.Cl. The fraction of sp³-hybridized carbons (Fsp3) is 0.615. The molecular formula is C13H23Cl2N3O. The van der Waals surface area contributed by atoms with E-state index in [1.54, 1.807) is 7.11 Å². The standard InChI is InChI=1S/C13H21N3O.2ClH/c1-10-6-11(2)13(15-7-10)16-5-4-14-8-12(16)9-17-3;;/h6-7,12,14H,4-5,8-9H2,1-3H3;2*1H. The Labute approximate surface area is 127 Å². The van der Waals surface area contributed by atoms with Gasteiger partial charge >= 0.3 is 0 Å². The third-order valence-corrected chi connectivity index (χ3v) is 3.17. The van der Waals surface area contributed by atoms with E-state index >= 15 is 0 Å². The minimum Gasteiger partial charge on any atom is -0.383 e. The van der Waals surface area contributed by atoms with Gasteiger partial charge in [-0.05, 0) is 25.0 Å². The van der Waals surface area contributed by atoms with Crippen molar-refractivity contribution in [3.8, 4) is 0 Å². The molecule has 6 heteroatoms. The summed E-state index contributed by atoms with van der Waals surface area (Å²) in [5.41, 5.74) is 2.46. The van der Waals surface area contributed by atoms with Crippen LogP contribution in [0.25, 0.3) is 0 Å². The highest BCUT2D eigenvalue weighted by molar-refractivity contribution is 5.85. The van der Waals surface area contributed by atoms with E-state index in [0.29, 0.717) is 6.04 Å². The van der Waals surface area contributed by atoms with E-state index in [4.69, 9.17) is 4.74 Å². The lowest BCUT2D eigenvalue weighted by Gasteiger charge is -2.37. The normalized spacial score (nSPS) is 18.5. The number of halogens is 2. The number of hydrogen-bond donors (Lipinski definition) is 1. The van der Waals surface area contributed by atoms with Crippen LogP contribution in [0.5, 0.6) is 0 Å². The molecule has 4 nitrogen and oxygen atoms in total. The fourth-order valence-electron chi connectivity index (χ4n) is 2.39. The van der Waals surface area contributed by atoms with Crippen molar-refractivity contribution >= 4 is 30.6 Å². The molecule has 1 aliphatic rings. The summed E-state index contributed by atoms with van der Waals surface area (Å²) in [5.74, 6) is 1.10. The van der Waals surface area contributed by atoms with Crippen molar-refractivity contribution in [1.29, 1.82) is 0 Å². The molecule has 0 amide bonds.